The molecule has 5 heteroatoms. The molecule has 2 atom stereocenters. The van der Waals surface area contributed by atoms with Gasteiger partial charge < -0.3 is 14.8 Å². The first-order valence-electron chi connectivity index (χ1n) is 6.86. The third-order valence-corrected chi connectivity index (χ3v) is 4.76. The normalized spacial score (nSPS) is 24.1. The Kier molecular flexibility index (Phi) is 3.63. The summed E-state index contributed by atoms with van der Waals surface area (Å²) in [5, 5.41) is 2.98. The molecule has 0 bridgehead atoms. The lowest BCUT2D eigenvalue weighted by Gasteiger charge is -2.13. The maximum absolute atomic E-state index is 12.2. The highest BCUT2D eigenvalue weighted by molar-refractivity contribution is 9.10. The van der Waals surface area contributed by atoms with Crippen LogP contribution in [0.2, 0.25) is 0 Å². The van der Waals surface area contributed by atoms with Crippen molar-refractivity contribution in [3.63, 3.8) is 0 Å². The fourth-order valence-corrected chi connectivity index (χ4v) is 3.25. The summed E-state index contributed by atoms with van der Waals surface area (Å²) >= 11 is 3.43. The number of halogens is 1. The van der Waals surface area contributed by atoms with Crippen molar-refractivity contribution in [1.82, 2.24) is 0 Å². The number of benzene rings is 1. The van der Waals surface area contributed by atoms with Crippen molar-refractivity contribution >= 4 is 27.5 Å². The van der Waals surface area contributed by atoms with Crippen LogP contribution < -0.4 is 14.8 Å². The Bertz CT molecular complexity index is 542. The lowest BCUT2D eigenvalue weighted by atomic mass is 10.2. The monoisotopic (exact) mass is 339 g/mol. The summed E-state index contributed by atoms with van der Waals surface area (Å²) in [5.41, 5.74) is 0.687. The number of hydrogen-bond donors (Lipinski definition) is 1. The molecular weight excluding hydrogens is 322 g/mol. The predicted molar refractivity (Wildman–Crippen MR) is 80.2 cm³/mol. The number of nitrogens with one attached hydrogen (secondary N) is 1. The van der Waals surface area contributed by atoms with Gasteiger partial charge in [0.15, 0.2) is 0 Å². The maximum Gasteiger partial charge on any atom is 0.227 e. The first-order valence-corrected chi connectivity index (χ1v) is 7.65. The molecule has 1 aromatic carbocycles. The summed E-state index contributed by atoms with van der Waals surface area (Å²) in [6.07, 6.45) is 3.63. The van der Waals surface area contributed by atoms with Crippen LogP contribution in [0.25, 0.3) is 0 Å². The second kappa shape index (κ2) is 5.28. The SMILES string of the molecule is COc1cc(OC)c(NC(=O)[C@H]2C[C@@H]2C2CC2)cc1Br. The summed E-state index contributed by atoms with van der Waals surface area (Å²) in [6, 6.07) is 3.59. The number of anilines is 1. The van der Waals surface area contributed by atoms with Gasteiger partial charge in [-0.05, 0) is 53.1 Å². The molecular formula is C15H18BrNO3. The second-order valence-electron chi connectivity index (χ2n) is 5.52. The standard InChI is InChI=1S/C15H18BrNO3/c1-19-13-7-14(20-2)12(6-11(13)16)17-15(18)10-5-9(10)8-3-4-8/h6-10H,3-5H2,1-2H3,(H,17,18)/t9-,10+/m1/s1. The van der Waals surface area contributed by atoms with Crippen molar-refractivity contribution in [1.29, 1.82) is 0 Å². The fourth-order valence-electron chi connectivity index (χ4n) is 2.74. The second-order valence-corrected chi connectivity index (χ2v) is 6.37. The number of amides is 1. The Balaban J connectivity index is 1.73. The molecule has 2 saturated carbocycles. The van der Waals surface area contributed by atoms with E-state index in [9.17, 15) is 4.79 Å². The van der Waals surface area contributed by atoms with Gasteiger partial charge in [-0.2, -0.15) is 0 Å². The van der Waals surface area contributed by atoms with Crippen LogP contribution in [0.1, 0.15) is 19.3 Å². The van der Waals surface area contributed by atoms with E-state index in [-0.39, 0.29) is 11.8 Å². The van der Waals surface area contributed by atoms with E-state index in [1.165, 1.54) is 12.8 Å². The molecule has 0 aromatic heterocycles. The molecule has 0 unspecified atom stereocenters. The molecule has 0 saturated heterocycles. The van der Waals surface area contributed by atoms with Gasteiger partial charge in [-0.25, -0.2) is 0 Å². The Morgan fingerprint density at radius 1 is 1.25 bits per heavy atom. The van der Waals surface area contributed by atoms with Gasteiger partial charge in [0.1, 0.15) is 11.5 Å². The van der Waals surface area contributed by atoms with E-state index >= 15 is 0 Å². The molecule has 2 fully saturated rings. The zero-order valence-corrected chi connectivity index (χ0v) is 13.2. The Labute approximate surface area is 127 Å². The van der Waals surface area contributed by atoms with Gasteiger partial charge >= 0.3 is 0 Å². The van der Waals surface area contributed by atoms with E-state index in [0.29, 0.717) is 23.1 Å². The van der Waals surface area contributed by atoms with Gasteiger partial charge in [0.2, 0.25) is 5.91 Å². The van der Waals surface area contributed by atoms with E-state index in [2.05, 4.69) is 21.2 Å². The van der Waals surface area contributed by atoms with E-state index < -0.39 is 0 Å². The van der Waals surface area contributed by atoms with E-state index in [1.807, 2.05) is 6.07 Å². The Morgan fingerprint density at radius 2 is 1.95 bits per heavy atom. The zero-order chi connectivity index (χ0) is 14.3. The average molecular weight is 340 g/mol. The third kappa shape index (κ3) is 2.64. The highest BCUT2D eigenvalue weighted by Crippen LogP contribution is 2.54. The van der Waals surface area contributed by atoms with Gasteiger partial charge in [-0.3, -0.25) is 4.79 Å². The third-order valence-electron chi connectivity index (χ3n) is 4.14. The number of hydrogen-bond acceptors (Lipinski definition) is 3. The van der Waals surface area contributed by atoms with Crippen molar-refractivity contribution in [2.75, 3.05) is 19.5 Å². The molecule has 1 amide bonds. The van der Waals surface area contributed by atoms with Gasteiger partial charge in [0, 0.05) is 12.0 Å². The van der Waals surface area contributed by atoms with Crippen molar-refractivity contribution in [3.05, 3.63) is 16.6 Å². The lowest BCUT2D eigenvalue weighted by Crippen LogP contribution is -2.15. The highest BCUT2D eigenvalue weighted by atomic mass is 79.9. The summed E-state index contributed by atoms with van der Waals surface area (Å²) in [5.74, 6) is 3.01. The minimum atomic E-state index is 0.109. The molecule has 1 aromatic rings. The van der Waals surface area contributed by atoms with Crippen LogP contribution in [-0.4, -0.2) is 20.1 Å². The maximum atomic E-state index is 12.2. The largest absolute Gasteiger partial charge is 0.495 e. The van der Waals surface area contributed by atoms with Crippen LogP contribution in [0, 0.1) is 17.8 Å². The minimum absolute atomic E-state index is 0.109. The summed E-state index contributed by atoms with van der Waals surface area (Å²) in [6.45, 7) is 0. The number of carbonyl (C=O) groups excluding carboxylic acids is 1. The van der Waals surface area contributed by atoms with E-state index in [1.54, 1.807) is 20.3 Å². The van der Waals surface area contributed by atoms with Crippen molar-refractivity contribution in [2.24, 2.45) is 17.8 Å². The molecule has 108 valence electrons. The number of ether oxygens (including phenoxy) is 2. The van der Waals surface area contributed by atoms with Crippen molar-refractivity contribution in [3.8, 4) is 11.5 Å². The minimum Gasteiger partial charge on any atom is -0.495 e. The predicted octanol–water partition coefficient (Wildman–Crippen LogP) is 3.45. The number of carbonyl (C=O) groups is 1. The topological polar surface area (TPSA) is 47.6 Å². The average Bonchev–Trinajstić information content (AvgIpc) is 3.28. The van der Waals surface area contributed by atoms with Crippen LogP contribution in [0.3, 0.4) is 0 Å². The van der Waals surface area contributed by atoms with Crippen molar-refractivity contribution < 1.29 is 14.3 Å². The number of methoxy groups -OCH3 is 2. The van der Waals surface area contributed by atoms with Gasteiger partial charge in [-0.15, -0.1) is 0 Å². The zero-order valence-electron chi connectivity index (χ0n) is 11.6. The molecule has 2 aliphatic rings. The van der Waals surface area contributed by atoms with Gasteiger partial charge in [-0.1, -0.05) is 0 Å². The molecule has 0 radical (unpaired) electrons. The summed E-state index contributed by atoms with van der Waals surface area (Å²) in [4.78, 5) is 12.2. The van der Waals surface area contributed by atoms with Gasteiger partial charge in [0.05, 0.1) is 24.4 Å². The molecule has 0 heterocycles. The smallest absolute Gasteiger partial charge is 0.227 e. The first kappa shape index (κ1) is 13.7. The van der Waals surface area contributed by atoms with Crippen LogP contribution >= 0.6 is 15.9 Å². The number of rotatable bonds is 5. The molecule has 0 aliphatic heterocycles. The summed E-state index contributed by atoms with van der Waals surface area (Å²) < 4.78 is 11.3. The summed E-state index contributed by atoms with van der Waals surface area (Å²) in [7, 11) is 3.19. The quantitative estimate of drug-likeness (QED) is 0.893. The first-order chi connectivity index (χ1) is 9.63. The van der Waals surface area contributed by atoms with E-state index in [4.69, 9.17) is 9.47 Å². The fraction of sp³-hybridized carbons (Fsp3) is 0.533. The molecule has 0 spiro atoms. The Morgan fingerprint density at radius 3 is 2.55 bits per heavy atom. The molecule has 4 nitrogen and oxygen atoms in total. The van der Waals surface area contributed by atoms with Gasteiger partial charge in [0.25, 0.3) is 0 Å². The molecule has 3 rings (SSSR count). The highest BCUT2D eigenvalue weighted by Gasteiger charge is 2.51. The molecule has 1 N–H and O–H groups in total. The van der Waals surface area contributed by atoms with Crippen LogP contribution in [0.15, 0.2) is 16.6 Å². The van der Waals surface area contributed by atoms with Crippen LogP contribution in [-0.2, 0) is 4.79 Å². The van der Waals surface area contributed by atoms with Crippen molar-refractivity contribution in [2.45, 2.75) is 19.3 Å². The molecule has 20 heavy (non-hydrogen) atoms. The lowest BCUT2D eigenvalue weighted by molar-refractivity contribution is -0.117. The Hall–Kier alpha value is -1.23. The van der Waals surface area contributed by atoms with Crippen LogP contribution in [0.4, 0.5) is 5.69 Å². The van der Waals surface area contributed by atoms with Crippen LogP contribution in [0.5, 0.6) is 11.5 Å². The van der Waals surface area contributed by atoms with E-state index in [0.717, 1.165) is 16.8 Å². The molecule has 2 aliphatic carbocycles.